The Morgan fingerprint density at radius 3 is 2.12 bits per heavy atom. The topological polar surface area (TPSA) is 12.9 Å². The molecule has 1 aromatic heterocycles. The van der Waals surface area contributed by atoms with Crippen LogP contribution < -0.4 is 0 Å². The summed E-state index contributed by atoms with van der Waals surface area (Å²) in [6.45, 7) is 0. The molecule has 0 saturated carbocycles. The number of hydrogen-bond acceptors (Lipinski definition) is 1. The number of benzene rings is 1. The van der Waals surface area contributed by atoms with Crippen molar-refractivity contribution < 1.29 is 0 Å². The number of halogens is 3. The number of rotatable bonds is 3. The highest BCUT2D eigenvalue weighted by molar-refractivity contribution is 6.50. The lowest BCUT2D eigenvalue weighted by molar-refractivity contribution is 0.785. The minimum Gasteiger partial charge on any atom is -0.264 e. The van der Waals surface area contributed by atoms with Gasteiger partial charge in [-0.2, -0.15) is 0 Å². The summed E-state index contributed by atoms with van der Waals surface area (Å²) < 4.78 is 0. The van der Waals surface area contributed by atoms with E-state index in [4.69, 9.17) is 34.8 Å². The van der Waals surface area contributed by atoms with Crippen molar-refractivity contribution in [3.63, 3.8) is 0 Å². The molecular formula is C13H10Cl3N. The fourth-order valence-electron chi connectivity index (χ4n) is 1.68. The molecule has 4 heteroatoms. The molecule has 0 fully saturated rings. The predicted molar refractivity (Wildman–Crippen MR) is 72.8 cm³/mol. The second-order valence-corrected chi connectivity index (χ2v) is 5.31. The molecule has 0 bridgehead atoms. The first-order chi connectivity index (χ1) is 8.15. The van der Waals surface area contributed by atoms with Crippen LogP contribution in [0.5, 0.6) is 0 Å². The summed E-state index contributed by atoms with van der Waals surface area (Å²) in [4.78, 5) is 2.32. The van der Waals surface area contributed by atoms with Gasteiger partial charge in [0.2, 0.25) is 0 Å². The molecule has 0 amide bonds. The largest absolute Gasteiger partial charge is 0.264 e. The standard InChI is InChI=1S/C13H10Cl3N/c14-12(15)13(16,10-5-2-1-3-6-10)11-7-4-8-17-9-11/h1-9,12H. The molecule has 1 unspecified atom stereocenters. The van der Waals surface area contributed by atoms with E-state index in [0.29, 0.717) is 0 Å². The Morgan fingerprint density at radius 2 is 1.59 bits per heavy atom. The van der Waals surface area contributed by atoms with Crippen molar-refractivity contribution in [2.24, 2.45) is 0 Å². The molecule has 88 valence electrons. The van der Waals surface area contributed by atoms with E-state index in [1.807, 2.05) is 42.5 Å². The number of nitrogens with zero attached hydrogens (tertiary/aromatic N) is 1. The fraction of sp³-hybridized carbons (Fsp3) is 0.154. The van der Waals surface area contributed by atoms with Crippen molar-refractivity contribution in [3.05, 3.63) is 66.0 Å². The highest BCUT2D eigenvalue weighted by atomic mass is 35.5. The molecule has 0 spiro atoms. The van der Waals surface area contributed by atoms with Crippen LogP contribution in [0.2, 0.25) is 0 Å². The first-order valence-corrected chi connectivity index (χ1v) is 6.34. The predicted octanol–water partition coefficient (Wildman–Crippen LogP) is 4.37. The molecule has 1 aromatic carbocycles. The second kappa shape index (κ2) is 5.26. The van der Waals surface area contributed by atoms with Gasteiger partial charge in [-0.05, 0) is 17.2 Å². The van der Waals surface area contributed by atoms with E-state index in [1.165, 1.54) is 0 Å². The van der Waals surface area contributed by atoms with Gasteiger partial charge < -0.3 is 0 Å². The van der Waals surface area contributed by atoms with E-state index in [0.717, 1.165) is 11.1 Å². The van der Waals surface area contributed by atoms with Gasteiger partial charge in [0, 0.05) is 12.4 Å². The number of pyridine rings is 1. The Bertz CT molecular complexity index is 431. The smallest absolute Gasteiger partial charge is 0.135 e. The third-order valence-corrected chi connectivity index (χ3v) is 4.11. The third kappa shape index (κ3) is 2.42. The minimum absolute atomic E-state index is 0.768. The first-order valence-electron chi connectivity index (χ1n) is 5.09. The quantitative estimate of drug-likeness (QED) is 0.764. The zero-order chi connectivity index (χ0) is 12.3. The van der Waals surface area contributed by atoms with Crippen LogP contribution in [0.4, 0.5) is 0 Å². The van der Waals surface area contributed by atoms with E-state index in [2.05, 4.69) is 4.98 Å². The van der Waals surface area contributed by atoms with Crippen LogP contribution in [-0.2, 0) is 4.87 Å². The maximum atomic E-state index is 6.62. The molecule has 0 radical (unpaired) electrons. The number of aromatic nitrogens is 1. The molecule has 1 nitrogen and oxygen atoms in total. The summed E-state index contributed by atoms with van der Waals surface area (Å²) >= 11 is 18.7. The van der Waals surface area contributed by atoms with E-state index in [-0.39, 0.29) is 0 Å². The van der Waals surface area contributed by atoms with E-state index in [9.17, 15) is 0 Å². The van der Waals surface area contributed by atoms with Crippen molar-refractivity contribution in [3.8, 4) is 0 Å². The third-order valence-electron chi connectivity index (χ3n) is 2.58. The molecule has 0 saturated heterocycles. The normalized spacial score (nSPS) is 14.6. The lowest BCUT2D eigenvalue weighted by atomic mass is 9.93. The van der Waals surface area contributed by atoms with Gasteiger partial charge in [-0.1, -0.05) is 36.4 Å². The van der Waals surface area contributed by atoms with Gasteiger partial charge in [0.15, 0.2) is 0 Å². The van der Waals surface area contributed by atoms with Gasteiger partial charge in [0.05, 0.1) is 0 Å². The lowest BCUT2D eigenvalue weighted by Gasteiger charge is -2.29. The molecule has 1 atom stereocenters. The second-order valence-electron chi connectivity index (χ2n) is 3.62. The van der Waals surface area contributed by atoms with Crippen LogP contribution in [0.25, 0.3) is 0 Å². The maximum Gasteiger partial charge on any atom is 0.135 e. The molecule has 2 aromatic rings. The Kier molecular flexibility index (Phi) is 3.93. The zero-order valence-electron chi connectivity index (χ0n) is 8.85. The Labute approximate surface area is 115 Å². The molecular weight excluding hydrogens is 277 g/mol. The molecule has 0 aliphatic rings. The average Bonchev–Trinajstić information content (AvgIpc) is 2.39. The summed E-state index contributed by atoms with van der Waals surface area (Å²) in [5.41, 5.74) is 1.63. The van der Waals surface area contributed by atoms with Gasteiger partial charge in [0.1, 0.15) is 9.71 Å². The van der Waals surface area contributed by atoms with Crippen molar-refractivity contribution in [2.75, 3.05) is 0 Å². The van der Waals surface area contributed by atoms with Gasteiger partial charge in [-0.3, -0.25) is 4.98 Å². The van der Waals surface area contributed by atoms with Gasteiger partial charge in [0.25, 0.3) is 0 Å². The van der Waals surface area contributed by atoms with Crippen molar-refractivity contribution in [2.45, 2.75) is 9.71 Å². The number of alkyl halides is 3. The molecule has 0 aliphatic carbocycles. The Hall–Kier alpha value is -0.760. The zero-order valence-corrected chi connectivity index (χ0v) is 11.1. The molecule has 2 rings (SSSR count). The lowest BCUT2D eigenvalue weighted by Crippen LogP contribution is -2.28. The summed E-state index contributed by atoms with van der Waals surface area (Å²) in [6, 6.07) is 13.2. The number of hydrogen-bond donors (Lipinski definition) is 0. The Balaban J connectivity index is 2.55. The van der Waals surface area contributed by atoms with Gasteiger partial charge in [-0.15, -0.1) is 34.8 Å². The van der Waals surface area contributed by atoms with Crippen LogP contribution in [0.15, 0.2) is 54.9 Å². The van der Waals surface area contributed by atoms with E-state index >= 15 is 0 Å². The monoisotopic (exact) mass is 285 g/mol. The summed E-state index contributed by atoms with van der Waals surface area (Å²) in [6.07, 6.45) is 3.36. The van der Waals surface area contributed by atoms with Crippen LogP contribution in [0, 0.1) is 0 Å². The van der Waals surface area contributed by atoms with Crippen molar-refractivity contribution in [1.82, 2.24) is 4.98 Å². The molecule has 17 heavy (non-hydrogen) atoms. The van der Waals surface area contributed by atoms with E-state index in [1.54, 1.807) is 12.4 Å². The Morgan fingerprint density at radius 1 is 0.941 bits per heavy atom. The average molecular weight is 287 g/mol. The van der Waals surface area contributed by atoms with Gasteiger partial charge >= 0.3 is 0 Å². The van der Waals surface area contributed by atoms with Crippen molar-refractivity contribution >= 4 is 34.8 Å². The SMILES string of the molecule is ClC(Cl)C(Cl)(c1ccccc1)c1cccnc1. The van der Waals surface area contributed by atoms with E-state index < -0.39 is 9.71 Å². The maximum absolute atomic E-state index is 6.62. The fourth-order valence-corrected chi connectivity index (χ4v) is 2.42. The minimum atomic E-state index is -0.974. The van der Waals surface area contributed by atoms with Gasteiger partial charge in [-0.25, -0.2) is 0 Å². The molecule has 0 aliphatic heterocycles. The van der Waals surface area contributed by atoms with Crippen molar-refractivity contribution in [1.29, 1.82) is 0 Å². The van der Waals surface area contributed by atoms with Crippen LogP contribution in [0.1, 0.15) is 11.1 Å². The van der Waals surface area contributed by atoms with Crippen LogP contribution in [0.3, 0.4) is 0 Å². The highest BCUT2D eigenvalue weighted by Gasteiger charge is 2.38. The highest BCUT2D eigenvalue weighted by Crippen LogP contribution is 2.43. The van der Waals surface area contributed by atoms with Crippen LogP contribution in [-0.4, -0.2) is 9.82 Å². The summed E-state index contributed by atoms with van der Waals surface area (Å²) in [7, 11) is 0. The molecule has 1 heterocycles. The first kappa shape index (κ1) is 12.7. The summed E-state index contributed by atoms with van der Waals surface area (Å²) in [5.74, 6) is 0. The van der Waals surface area contributed by atoms with Crippen LogP contribution >= 0.6 is 34.8 Å². The molecule has 0 N–H and O–H groups in total. The summed E-state index contributed by atoms with van der Waals surface area (Å²) in [5, 5.41) is 0.